The predicted octanol–water partition coefficient (Wildman–Crippen LogP) is 2.34. The van der Waals surface area contributed by atoms with Crippen LogP contribution in [0.1, 0.15) is 6.92 Å². The predicted molar refractivity (Wildman–Crippen MR) is 77.2 cm³/mol. The summed E-state index contributed by atoms with van der Waals surface area (Å²) >= 11 is 0. The van der Waals surface area contributed by atoms with Crippen molar-refractivity contribution < 1.29 is 4.74 Å². The molecule has 1 N–H and O–H groups in total. The molecule has 98 valence electrons. The van der Waals surface area contributed by atoms with Crippen LogP contribution in [0.4, 0.5) is 5.69 Å². The molecule has 1 aromatic carbocycles. The van der Waals surface area contributed by atoms with Crippen LogP contribution < -0.4 is 15.0 Å². The van der Waals surface area contributed by atoms with E-state index in [9.17, 15) is 0 Å². The van der Waals surface area contributed by atoms with E-state index in [4.69, 9.17) is 4.74 Å². The molecule has 0 saturated carbocycles. The van der Waals surface area contributed by atoms with E-state index in [0.717, 1.165) is 25.4 Å². The number of nitrogens with zero attached hydrogens (tertiary/aromatic N) is 1. The van der Waals surface area contributed by atoms with Gasteiger partial charge in [0.1, 0.15) is 5.75 Å². The molecule has 1 aliphatic rings. The van der Waals surface area contributed by atoms with Gasteiger partial charge in [0, 0.05) is 25.7 Å². The van der Waals surface area contributed by atoms with E-state index in [1.165, 1.54) is 5.69 Å². The molecule has 3 nitrogen and oxygen atoms in total. The minimum atomic E-state index is 0. The van der Waals surface area contributed by atoms with E-state index in [2.05, 4.69) is 29.3 Å². The zero-order valence-corrected chi connectivity index (χ0v) is 11.8. The van der Waals surface area contributed by atoms with Crippen molar-refractivity contribution in [1.82, 2.24) is 5.32 Å². The Kier molecular flexibility index (Phi) is 7.35. The van der Waals surface area contributed by atoms with Gasteiger partial charge in [0.15, 0.2) is 0 Å². The Morgan fingerprint density at radius 2 is 2.00 bits per heavy atom. The summed E-state index contributed by atoms with van der Waals surface area (Å²) in [5, 5.41) is 3.39. The first-order chi connectivity index (χ1) is 7.33. The van der Waals surface area contributed by atoms with Crippen LogP contribution in [0.5, 0.6) is 5.75 Å². The maximum Gasteiger partial charge on any atom is 0.142 e. The van der Waals surface area contributed by atoms with Crippen LogP contribution in [0.15, 0.2) is 24.3 Å². The highest BCUT2D eigenvalue weighted by molar-refractivity contribution is 5.85. The average Bonchev–Trinajstić information content (AvgIpc) is 2.30. The second-order valence-corrected chi connectivity index (χ2v) is 3.92. The molecule has 1 fully saturated rings. The van der Waals surface area contributed by atoms with Crippen molar-refractivity contribution in [1.29, 1.82) is 0 Å². The van der Waals surface area contributed by atoms with Crippen LogP contribution >= 0.6 is 24.8 Å². The lowest BCUT2D eigenvalue weighted by atomic mass is 10.1. The van der Waals surface area contributed by atoms with Crippen LogP contribution in [0.3, 0.4) is 0 Å². The van der Waals surface area contributed by atoms with Gasteiger partial charge in [-0.25, -0.2) is 0 Å². The first-order valence-corrected chi connectivity index (χ1v) is 5.43. The van der Waals surface area contributed by atoms with Crippen molar-refractivity contribution in [3.8, 4) is 5.75 Å². The van der Waals surface area contributed by atoms with Gasteiger partial charge in [-0.05, 0) is 19.1 Å². The fourth-order valence-electron chi connectivity index (χ4n) is 2.07. The van der Waals surface area contributed by atoms with Crippen molar-refractivity contribution in [2.45, 2.75) is 13.0 Å². The number of rotatable bonds is 2. The Bertz CT molecular complexity index is 336. The summed E-state index contributed by atoms with van der Waals surface area (Å²) in [6.45, 7) is 5.36. The van der Waals surface area contributed by atoms with Gasteiger partial charge < -0.3 is 15.0 Å². The Morgan fingerprint density at radius 3 is 2.65 bits per heavy atom. The second-order valence-electron chi connectivity index (χ2n) is 3.92. The van der Waals surface area contributed by atoms with Crippen molar-refractivity contribution in [2.75, 3.05) is 31.6 Å². The van der Waals surface area contributed by atoms with E-state index in [1.807, 2.05) is 12.1 Å². The highest BCUT2D eigenvalue weighted by Gasteiger charge is 2.20. The van der Waals surface area contributed by atoms with E-state index in [1.54, 1.807) is 7.11 Å². The lowest BCUT2D eigenvalue weighted by Crippen LogP contribution is -2.50. The number of methoxy groups -OCH3 is 1. The fraction of sp³-hybridized carbons (Fsp3) is 0.500. The van der Waals surface area contributed by atoms with Gasteiger partial charge in [-0.2, -0.15) is 0 Å². The minimum Gasteiger partial charge on any atom is -0.495 e. The largest absolute Gasteiger partial charge is 0.495 e. The Morgan fingerprint density at radius 1 is 1.29 bits per heavy atom. The molecule has 0 radical (unpaired) electrons. The zero-order chi connectivity index (χ0) is 10.7. The number of para-hydroxylation sites is 2. The minimum absolute atomic E-state index is 0. The Labute approximate surface area is 115 Å². The summed E-state index contributed by atoms with van der Waals surface area (Å²) in [6.07, 6.45) is 0. The van der Waals surface area contributed by atoms with Crippen molar-refractivity contribution >= 4 is 30.5 Å². The quantitative estimate of drug-likeness (QED) is 0.899. The molecule has 0 aromatic heterocycles. The van der Waals surface area contributed by atoms with Crippen LogP contribution in [0.25, 0.3) is 0 Å². The number of piperazine rings is 1. The van der Waals surface area contributed by atoms with E-state index in [-0.39, 0.29) is 24.8 Å². The highest BCUT2D eigenvalue weighted by Crippen LogP contribution is 2.29. The number of anilines is 1. The molecule has 17 heavy (non-hydrogen) atoms. The van der Waals surface area contributed by atoms with Crippen LogP contribution in [0.2, 0.25) is 0 Å². The molecular weight excluding hydrogens is 259 g/mol. The van der Waals surface area contributed by atoms with Gasteiger partial charge in [0.2, 0.25) is 0 Å². The topological polar surface area (TPSA) is 24.5 Å². The first-order valence-electron chi connectivity index (χ1n) is 5.43. The Balaban J connectivity index is 0.00000128. The van der Waals surface area contributed by atoms with E-state index < -0.39 is 0 Å². The van der Waals surface area contributed by atoms with Crippen LogP contribution in [0, 0.1) is 0 Å². The molecular formula is C12H20Cl2N2O. The molecule has 0 spiro atoms. The SMILES string of the molecule is COc1ccccc1N1CCNC[C@H]1C.Cl.Cl. The van der Waals surface area contributed by atoms with Gasteiger partial charge >= 0.3 is 0 Å². The standard InChI is InChI=1S/C12H18N2O.2ClH/c1-10-9-13-7-8-14(10)11-5-3-4-6-12(11)15-2;;/h3-6,10,13H,7-9H2,1-2H3;2*1H/t10-;;/m1../s1. The summed E-state index contributed by atoms with van der Waals surface area (Å²) in [5.41, 5.74) is 1.20. The van der Waals surface area contributed by atoms with Crippen molar-refractivity contribution in [2.24, 2.45) is 0 Å². The zero-order valence-electron chi connectivity index (χ0n) is 10.2. The summed E-state index contributed by atoms with van der Waals surface area (Å²) in [7, 11) is 1.73. The van der Waals surface area contributed by atoms with Crippen LogP contribution in [-0.4, -0.2) is 32.8 Å². The van der Waals surface area contributed by atoms with Crippen molar-refractivity contribution in [3.63, 3.8) is 0 Å². The monoisotopic (exact) mass is 278 g/mol. The summed E-state index contributed by atoms with van der Waals surface area (Å²) in [5.74, 6) is 0.964. The normalized spacial score (nSPS) is 18.9. The number of benzene rings is 1. The van der Waals surface area contributed by atoms with Crippen LogP contribution in [-0.2, 0) is 0 Å². The third-order valence-corrected chi connectivity index (χ3v) is 2.90. The molecule has 0 bridgehead atoms. The third-order valence-electron chi connectivity index (χ3n) is 2.90. The number of ether oxygens (including phenoxy) is 1. The number of halogens is 2. The summed E-state index contributed by atoms with van der Waals surface area (Å²) < 4.78 is 5.38. The van der Waals surface area contributed by atoms with Gasteiger partial charge in [-0.15, -0.1) is 24.8 Å². The molecule has 1 saturated heterocycles. The lowest BCUT2D eigenvalue weighted by molar-refractivity contribution is 0.409. The molecule has 1 aliphatic heterocycles. The number of nitrogens with one attached hydrogen (secondary N) is 1. The van der Waals surface area contributed by atoms with E-state index >= 15 is 0 Å². The average molecular weight is 279 g/mol. The first kappa shape index (κ1) is 16.4. The smallest absolute Gasteiger partial charge is 0.142 e. The summed E-state index contributed by atoms with van der Waals surface area (Å²) in [6, 6.07) is 8.74. The van der Waals surface area contributed by atoms with Crippen molar-refractivity contribution in [3.05, 3.63) is 24.3 Å². The molecule has 1 heterocycles. The molecule has 2 rings (SSSR count). The van der Waals surface area contributed by atoms with Gasteiger partial charge in [-0.3, -0.25) is 0 Å². The second kappa shape index (κ2) is 7.64. The molecule has 1 atom stereocenters. The fourth-order valence-corrected chi connectivity index (χ4v) is 2.07. The molecule has 0 aliphatic carbocycles. The highest BCUT2D eigenvalue weighted by atomic mass is 35.5. The van der Waals surface area contributed by atoms with Gasteiger partial charge in [0.25, 0.3) is 0 Å². The van der Waals surface area contributed by atoms with E-state index in [0.29, 0.717) is 6.04 Å². The molecule has 0 unspecified atom stereocenters. The third kappa shape index (κ3) is 3.66. The lowest BCUT2D eigenvalue weighted by Gasteiger charge is -2.36. The maximum absolute atomic E-state index is 5.38. The Hall–Kier alpha value is -0.640. The molecule has 5 heteroatoms. The molecule has 1 aromatic rings. The summed E-state index contributed by atoms with van der Waals surface area (Å²) in [4.78, 5) is 2.40. The molecule has 0 amide bonds. The van der Waals surface area contributed by atoms with Gasteiger partial charge in [0.05, 0.1) is 12.8 Å². The maximum atomic E-state index is 5.38. The number of hydrogen-bond acceptors (Lipinski definition) is 3. The number of hydrogen-bond donors (Lipinski definition) is 1. The van der Waals surface area contributed by atoms with Gasteiger partial charge in [-0.1, -0.05) is 12.1 Å².